The van der Waals surface area contributed by atoms with Gasteiger partial charge in [-0.1, -0.05) is 38.0 Å². The molecule has 0 spiro atoms. The summed E-state index contributed by atoms with van der Waals surface area (Å²) in [5, 5.41) is 4.83. The van der Waals surface area contributed by atoms with E-state index < -0.39 is 0 Å². The number of terminal acetylenes is 1. The highest BCUT2D eigenvalue weighted by Gasteiger charge is 2.15. The first kappa shape index (κ1) is 13.1. The molecule has 1 nitrogen and oxygen atoms in total. The Morgan fingerprint density at radius 1 is 1.22 bits per heavy atom. The van der Waals surface area contributed by atoms with Gasteiger partial charge in [0.1, 0.15) is 0 Å². The highest BCUT2D eigenvalue weighted by atomic mass is 32.1. The van der Waals surface area contributed by atoms with Crippen LogP contribution in [0.5, 0.6) is 0 Å². The molecule has 18 heavy (non-hydrogen) atoms. The number of benzene rings is 1. The third-order valence-electron chi connectivity index (χ3n) is 3.15. The molecule has 0 saturated heterocycles. The van der Waals surface area contributed by atoms with Crippen LogP contribution in [0.4, 0.5) is 0 Å². The Balaban J connectivity index is 2.18. The van der Waals surface area contributed by atoms with Gasteiger partial charge < -0.3 is 0 Å². The highest BCUT2D eigenvalue weighted by Crippen LogP contribution is 2.30. The Bertz CT molecular complexity index is 529. The molecule has 1 aromatic carbocycles. The second-order valence-corrected chi connectivity index (χ2v) is 6.08. The van der Waals surface area contributed by atoms with Crippen molar-refractivity contribution in [1.29, 1.82) is 0 Å². The van der Waals surface area contributed by atoms with Gasteiger partial charge in [-0.3, -0.25) is 5.32 Å². The van der Waals surface area contributed by atoms with Gasteiger partial charge in [-0.25, -0.2) is 0 Å². The Labute approximate surface area is 113 Å². The zero-order valence-corrected chi connectivity index (χ0v) is 11.9. The molecule has 2 unspecified atom stereocenters. The van der Waals surface area contributed by atoms with Crippen LogP contribution in [0.1, 0.15) is 31.7 Å². The lowest BCUT2D eigenvalue weighted by atomic mass is 10.0. The number of nitrogens with one attached hydrogen (secondary N) is 1. The van der Waals surface area contributed by atoms with Crippen LogP contribution in [0.25, 0.3) is 10.1 Å². The molecule has 0 fully saturated rings. The summed E-state index contributed by atoms with van der Waals surface area (Å²) in [4.78, 5) is 1.34. The molecule has 0 aliphatic heterocycles. The molecule has 2 aromatic rings. The summed E-state index contributed by atoms with van der Waals surface area (Å²) in [7, 11) is 0. The average molecular weight is 257 g/mol. The van der Waals surface area contributed by atoms with Gasteiger partial charge in [0.15, 0.2) is 0 Å². The van der Waals surface area contributed by atoms with E-state index in [0.29, 0.717) is 12.0 Å². The van der Waals surface area contributed by atoms with E-state index in [2.05, 4.69) is 62.3 Å². The first-order chi connectivity index (χ1) is 8.61. The maximum Gasteiger partial charge on any atom is 0.0715 e. The Kier molecular flexibility index (Phi) is 4.06. The third-order valence-corrected chi connectivity index (χ3v) is 4.45. The molecule has 0 amide bonds. The van der Waals surface area contributed by atoms with Crippen molar-refractivity contribution in [3.63, 3.8) is 0 Å². The van der Waals surface area contributed by atoms with Crippen LogP contribution in [0, 0.1) is 18.3 Å². The molecule has 1 aromatic heterocycles. The van der Waals surface area contributed by atoms with E-state index in [-0.39, 0.29) is 6.04 Å². The Hall–Kier alpha value is -1.30. The minimum absolute atomic E-state index is 0.130. The SMILES string of the molecule is C#CC(NC(C)c1cc2ccccc2s1)C(C)C. The minimum atomic E-state index is 0.130. The van der Waals surface area contributed by atoms with E-state index in [4.69, 9.17) is 6.42 Å². The largest absolute Gasteiger partial charge is 0.296 e. The lowest BCUT2D eigenvalue weighted by Gasteiger charge is -2.21. The molecule has 0 saturated carbocycles. The van der Waals surface area contributed by atoms with Crippen molar-refractivity contribution in [1.82, 2.24) is 5.32 Å². The summed E-state index contributed by atoms with van der Waals surface area (Å²) in [6.45, 7) is 6.47. The van der Waals surface area contributed by atoms with Crippen molar-refractivity contribution in [3.05, 3.63) is 35.2 Å². The number of hydrogen-bond donors (Lipinski definition) is 1. The second-order valence-electron chi connectivity index (χ2n) is 4.96. The minimum Gasteiger partial charge on any atom is -0.296 e. The van der Waals surface area contributed by atoms with E-state index in [0.717, 1.165) is 0 Å². The number of hydrogen-bond acceptors (Lipinski definition) is 2. The first-order valence-electron chi connectivity index (χ1n) is 6.32. The van der Waals surface area contributed by atoms with Gasteiger partial charge in [0.05, 0.1) is 6.04 Å². The zero-order chi connectivity index (χ0) is 13.1. The van der Waals surface area contributed by atoms with E-state index in [1.54, 1.807) is 0 Å². The lowest BCUT2D eigenvalue weighted by molar-refractivity contribution is 0.435. The first-order valence-corrected chi connectivity index (χ1v) is 7.14. The van der Waals surface area contributed by atoms with Crippen LogP contribution in [0.15, 0.2) is 30.3 Å². The maximum absolute atomic E-state index is 5.57. The van der Waals surface area contributed by atoms with Crippen molar-refractivity contribution in [2.45, 2.75) is 32.9 Å². The van der Waals surface area contributed by atoms with Crippen LogP contribution in [-0.4, -0.2) is 6.04 Å². The van der Waals surface area contributed by atoms with Crippen LogP contribution in [0.2, 0.25) is 0 Å². The van der Waals surface area contributed by atoms with E-state index >= 15 is 0 Å². The maximum atomic E-state index is 5.57. The highest BCUT2D eigenvalue weighted by molar-refractivity contribution is 7.19. The fourth-order valence-electron chi connectivity index (χ4n) is 2.00. The quantitative estimate of drug-likeness (QED) is 0.809. The van der Waals surface area contributed by atoms with Crippen molar-refractivity contribution >= 4 is 21.4 Å². The molecule has 0 aliphatic carbocycles. The van der Waals surface area contributed by atoms with Gasteiger partial charge in [-0.05, 0) is 30.4 Å². The summed E-state index contributed by atoms with van der Waals surface area (Å²) in [6.07, 6.45) is 5.57. The molecule has 2 atom stereocenters. The van der Waals surface area contributed by atoms with E-state index in [1.165, 1.54) is 15.0 Å². The molecular formula is C16H19NS. The number of fused-ring (bicyclic) bond motifs is 1. The van der Waals surface area contributed by atoms with Gasteiger partial charge in [-0.15, -0.1) is 17.8 Å². The predicted octanol–water partition coefficient (Wildman–Crippen LogP) is 4.21. The third kappa shape index (κ3) is 2.75. The summed E-state index contributed by atoms with van der Waals surface area (Å²) in [5.74, 6) is 3.28. The second kappa shape index (κ2) is 5.56. The van der Waals surface area contributed by atoms with Crippen molar-refractivity contribution < 1.29 is 0 Å². The number of rotatable bonds is 4. The smallest absolute Gasteiger partial charge is 0.0715 e. The molecular weight excluding hydrogens is 238 g/mol. The lowest BCUT2D eigenvalue weighted by Crippen LogP contribution is -2.34. The summed E-state index contributed by atoms with van der Waals surface area (Å²) < 4.78 is 1.34. The number of thiophene rings is 1. The van der Waals surface area contributed by atoms with Crippen molar-refractivity contribution in [3.8, 4) is 12.3 Å². The van der Waals surface area contributed by atoms with Gasteiger partial charge in [0.2, 0.25) is 0 Å². The fraction of sp³-hybridized carbons (Fsp3) is 0.375. The molecule has 0 bridgehead atoms. The van der Waals surface area contributed by atoms with Gasteiger partial charge in [-0.2, -0.15) is 0 Å². The molecule has 0 aliphatic rings. The molecule has 94 valence electrons. The van der Waals surface area contributed by atoms with E-state index in [9.17, 15) is 0 Å². The fourth-order valence-corrected chi connectivity index (χ4v) is 3.08. The van der Waals surface area contributed by atoms with Crippen LogP contribution in [-0.2, 0) is 0 Å². The van der Waals surface area contributed by atoms with Crippen molar-refractivity contribution in [2.24, 2.45) is 5.92 Å². The summed E-state index contributed by atoms with van der Waals surface area (Å²) >= 11 is 1.84. The summed E-state index contributed by atoms with van der Waals surface area (Å²) in [6, 6.07) is 11.2. The Morgan fingerprint density at radius 3 is 2.56 bits per heavy atom. The average Bonchev–Trinajstić information content (AvgIpc) is 2.79. The van der Waals surface area contributed by atoms with Crippen LogP contribution < -0.4 is 5.32 Å². The topological polar surface area (TPSA) is 12.0 Å². The van der Waals surface area contributed by atoms with Crippen LogP contribution in [0.3, 0.4) is 0 Å². The predicted molar refractivity (Wildman–Crippen MR) is 80.8 cm³/mol. The monoisotopic (exact) mass is 257 g/mol. The molecule has 2 heteroatoms. The van der Waals surface area contributed by atoms with Gasteiger partial charge in [0.25, 0.3) is 0 Å². The standard InChI is InChI=1S/C16H19NS/c1-5-14(11(2)3)17-12(4)16-10-13-8-6-7-9-15(13)18-16/h1,6-12,14,17H,2-4H3. The Morgan fingerprint density at radius 2 is 1.94 bits per heavy atom. The molecule has 1 heterocycles. The van der Waals surface area contributed by atoms with Crippen LogP contribution >= 0.6 is 11.3 Å². The van der Waals surface area contributed by atoms with Gasteiger partial charge >= 0.3 is 0 Å². The normalized spacial score (nSPS) is 14.6. The summed E-state index contributed by atoms with van der Waals surface area (Å²) in [5.41, 5.74) is 0. The molecule has 1 N–H and O–H groups in total. The molecule has 2 rings (SSSR count). The van der Waals surface area contributed by atoms with Crippen molar-refractivity contribution in [2.75, 3.05) is 0 Å². The zero-order valence-electron chi connectivity index (χ0n) is 11.1. The molecule has 0 radical (unpaired) electrons. The van der Waals surface area contributed by atoms with E-state index in [1.807, 2.05) is 11.3 Å². The van der Waals surface area contributed by atoms with Gasteiger partial charge in [0, 0.05) is 15.6 Å².